The number of nitro groups is 1. The van der Waals surface area contributed by atoms with Gasteiger partial charge in [0.25, 0.3) is 0 Å². The third-order valence-corrected chi connectivity index (χ3v) is 3.39. The van der Waals surface area contributed by atoms with Crippen molar-refractivity contribution in [1.29, 1.82) is 0 Å². The van der Waals surface area contributed by atoms with E-state index in [-0.39, 0.29) is 17.4 Å². The molecule has 0 aromatic carbocycles. The predicted octanol–water partition coefficient (Wildman–Crippen LogP) is 2.25. The van der Waals surface area contributed by atoms with Gasteiger partial charge < -0.3 is 10.2 Å². The molecule has 2 rings (SSSR count). The van der Waals surface area contributed by atoms with E-state index in [1.54, 1.807) is 4.90 Å². The summed E-state index contributed by atoms with van der Waals surface area (Å²) in [6.45, 7) is 3.50. The van der Waals surface area contributed by atoms with Crippen molar-refractivity contribution in [2.75, 3.05) is 18.4 Å². The van der Waals surface area contributed by atoms with E-state index in [0.29, 0.717) is 19.0 Å². The topological polar surface area (TPSA) is 88.4 Å². The van der Waals surface area contributed by atoms with Crippen molar-refractivity contribution in [1.82, 2.24) is 9.88 Å². The van der Waals surface area contributed by atoms with Gasteiger partial charge in [-0.25, -0.2) is 4.79 Å². The lowest BCUT2D eigenvalue weighted by molar-refractivity contribution is -0.384. The lowest BCUT2D eigenvalue weighted by Gasteiger charge is -2.17. The second-order valence-corrected chi connectivity index (χ2v) is 4.59. The Kier molecular flexibility index (Phi) is 3.94. The molecule has 0 radical (unpaired) electrons. The zero-order valence-corrected chi connectivity index (χ0v) is 10.7. The summed E-state index contributed by atoms with van der Waals surface area (Å²) in [4.78, 5) is 27.7. The number of aromatic nitrogens is 1. The van der Waals surface area contributed by atoms with Gasteiger partial charge in [-0.2, -0.15) is 0 Å². The van der Waals surface area contributed by atoms with Crippen LogP contribution in [0.4, 0.5) is 16.2 Å². The largest absolute Gasteiger partial charge is 0.324 e. The molecule has 0 saturated carbocycles. The van der Waals surface area contributed by atoms with Crippen LogP contribution in [0.3, 0.4) is 0 Å². The molecule has 1 aromatic heterocycles. The average molecular weight is 264 g/mol. The van der Waals surface area contributed by atoms with Gasteiger partial charge in [0.15, 0.2) is 0 Å². The van der Waals surface area contributed by atoms with Gasteiger partial charge in [0, 0.05) is 19.3 Å². The number of carbonyl (C=O) groups is 1. The number of nitrogens with zero attached hydrogens (tertiary/aromatic N) is 3. The number of hydrogen-bond acceptors (Lipinski definition) is 4. The fourth-order valence-corrected chi connectivity index (χ4v) is 2.18. The molecule has 1 fully saturated rings. The molecule has 0 unspecified atom stereocenters. The molecule has 102 valence electrons. The van der Waals surface area contributed by atoms with Crippen molar-refractivity contribution in [2.45, 2.75) is 19.8 Å². The first kappa shape index (κ1) is 13.3. The molecule has 0 aliphatic carbocycles. The van der Waals surface area contributed by atoms with E-state index in [0.717, 1.165) is 19.0 Å². The van der Waals surface area contributed by atoms with E-state index in [9.17, 15) is 14.9 Å². The minimum absolute atomic E-state index is 0.185. The highest BCUT2D eigenvalue weighted by Crippen LogP contribution is 2.24. The number of likely N-dealkylation sites (tertiary alicyclic amines) is 1. The third kappa shape index (κ3) is 2.98. The Morgan fingerprint density at radius 1 is 1.68 bits per heavy atom. The average Bonchev–Trinajstić information content (AvgIpc) is 2.88. The summed E-state index contributed by atoms with van der Waals surface area (Å²) in [6.07, 6.45) is 4.58. The Morgan fingerprint density at radius 3 is 3.11 bits per heavy atom. The van der Waals surface area contributed by atoms with E-state index in [4.69, 9.17) is 0 Å². The molecule has 19 heavy (non-hydrogen) atoms. The number of nitrogens with one attached hydrogen (secondary N) is 1. The lowest BCUT2D eigenvalue weighted by Crippen LogP contribution is -2.33. The molecule has 0 spiro atoms. The van der Waals surface area contributed by atoms with Gasteiger partial charge in [0.2, 0.25) is 0 Å². The number of amides is 2. The van der Waals surface area contributed by atoms with E-state index >= 15 is 0 Å². The first-order valence-electron chi connectivity index (χ1n) is 6.26. The monoisotopic (exact) mass is 264 g/mol. The Bertz CT molecular complexity index is 492. The van der Waals surface area contributed by atoms with Crippen LogP contribution in [-0.2, 0) is 0 Å². The van der Waals surface area contributed by atoms with Gasteiger partial charge in [-0.3, -0.25) is 15.1 Å². The number of anilines is 1. The minimum Gasteiger partial charge on any atom is -0.324 e. The Labute approximate surface area is 110 Å². The minimum atomic E-state index is -0.554. The fourth-order valence-electron chi connectivity index (χ4n) is 2.18. The Hall–Kier alpha value is -2.18. The Balaban J connectivity index is 2.05. The summed E-state index contributed by atoms with van der Waals surface area (Å²) < 4.78 is 0. The van der Waals surface area contributed by atoms with Crippen molar-refractivity contribution in [2.24, 2.45) is 5.92 Å². The number of rotatable bonds is 3. The van der Waals surface area contributed by atoms with Gasteiger partial charge in [-0.05, 0) is 18.4 Å². The highest BCUT2D eigenvalue weighted by molar-refractivity contribution is 5.91. The standard InChI is InChI=1S/C12H16N4O3/c1-2-9-4-6-15(8-9)12(17)14-10-3-5-13-7-11(10)16(18)19/h3,5,7,9H,2,4,6,8H2,1H3,(H,13,14,17)/t9-/m0/s1. The van der Waals surface area contributed by atoms with Gasteiger partial charge in [-0.1, -0.05) is 13.3 Å². The summed E-state index contributed by atoms with van der Waals surface area (Å²) in [5, 5.41) is 13.4. The van der Waals surface area contributed by atoms with Crippen molar-refractivity contribution in [3.63, 3.8) is 0 Å². The van der Waals surface area contributed by atoms with Crippen LogP contribution in [0, 0.1) is 16.0 Å². The first-order valence-corrected chi connectivity index (χ1v) is 6.26. The zero-order chi connectivity index (χ0) is 13.8. The molecule has 2 amide bonds. The molecule has 7 heteroatoms. The highest BCUT2D eigenvalue weighted by Gasteiger charge is 2.26. The maximum absolute atomic E-state index is 12.0. The van der Waals surface area contributed by atoms with Crippen LogP contribution >= 0.6 is 0 Å². The number of carbonyl (C=O) groups excluding carboxylic acids is 1. The van der Waals surface area contributed by atoms with Crippen molar-refractivity contribution >= 4 is 17.4 Å². The van der Waals surface area contributed by atoms with Crippen LogP contribution in [0.1, 0.15) is 19.8 Å². The smallest absolute Gasteiger partial charge is 0.322 e. The third-order valence-electron chi connectivity index (χ3n) is 3.39. The molecule has 1 aliphatic heterocycles. The fraction of sp³-hybridized carbons (Fsp3) is 0.500. The Morgan fingerprint density at radius 2 is 2.47 bits per heavy atom. The second-order valence-electron chi connectivity index (χ2n) is 4.59. The van der Waals surface area contributed by atoms with Gasteiger partial charge in [-0.15, -0.1) is 0 Å². The molecule has 1 N–H and O–H groups in total. The van der Waals surface area contributed by atoms with Crippen molar-refractivity contribution < 1.29 is 9.72 Å². The molecule has 2 heterocycles. The van der Waals surface area contributed by atoms with Crippen LogP contribution in [-0.4, -0.2) is 33.9 Å². The van der Waals surface area contributed by atoms with Gasteiger partial charge >= 0.3 is 11.7 Å². The maximum atomic E-state index is 12.0. The molecule has 7 nitrogen and oxygen atoms in total. The number of pyridine rings is 1. The summed E-state index contributed by atoms with van der Waals surface area (Å²) in [6, 6.07) is 1.15. The van der Waals surface area contributed by atoms with E-state index in [2.05, 4.69) is 17.2 Å². The molecule has 1 aromatic rings. The summed E-state index contributed by atoms with van der Waals surface area (Å²) in [7, 11) is 0. The second kappa shape index (κ2) is 5.64. The predicted molar refractivity (Wildman–Crippen MR) is 69.9 cm³/mol. The van der Waals surface area contributed by atoms with Crippen LogP contribution in [0.15, 0.2) is 18.5 Å². The van der Waals surface area contributed by atoms with Crippen LogP contribution in [0.5, 0.6) is 0 Å². The van der Waals surface area contributed by atoms with Gasteiger partial charge in [0.05, 0.1) is 4.92 Å². The first-order chi connectivity index (χ1) is 9.11. The highest BCUT2D eigenvalue weighted by atomic mass is 16.6. The maximum Gasteiger partial charge on any atom is 0.322 e. The SMILES string of the molecule is CC[C@H]1CCN(C(=O)Nc2ccncc2[N+](=O)[O-])C1. The van der Waals surface area contributed by atoms with Crippen LogP contribution in [0.2, 0.25) is 0 Å². The van der Waals surface area contributed by atoms with E-state index in [1.165, 1.54) is 12.3 Å². The number of hydrogen-bond donors (Lipinski definition) is 1. The summed E-state index contributed by atoms with van der Waals surface area (Å²) >= 11 is 0. The quantitative estimate of drug-likeness (QED) is 0.669. The number of urea groups is 1. The van der Waals surface area contributed by atoms with Gasteiger partial charge in [0.1, 0.15) is 11.9 Å². The van der Waals surface area contributed by atoms with Crippen LogP contribution < -0.4 is 5.32 Å². The zero-order valence-electron chi connectivity index (χ0n) is 10.7. The lowest BCUT2D eigenvalue weighted by atomic mass is 10.1. The normalized spacial score (nSPS) is 18.4. The van der Waals surface area contributed by atoms with Crippen molar-refractivity contribution in [3.8, 4) is 0 Å². The molecular weight excluding hydrogens is 248 g/mol. The van der Waals surface area contributed by atoms with Crippen LogP contribution in [0.25, 0.3) is 0 Å². The molecule has 0 bridgehead atoms. The van der Waals surface area contributed by atoms with E-state index in [1.807, 2.05) is 0 Å². The van der Waals surface area contributed by atoms with E-state index < -0.39 is 4.92 Å². The molecule has 1 aliphatic rings. The molecule has 1 saturated heterocycles. The molecular formula is C12H16N4O3. The van der Waals surface area contributed by atoms with Crippen molar-refractivity contribution in [3.05, 3.63) is 28.6 Å². The molecule has 1 atom stereocenters. The summed E-state index contributed by atoms with van der Waals surface area (Å²) in [5.74, 6) is 0.526. The summed E-state index contributed by atoms with van der Waals surface area (Å²) in [5.41, 5.74) is -0.00737.